The van der Waals surface area contributed by atoms with Crippen LogP contribution in [0.25, 0.3) is 11.3 Å². The number of nitro groups is 1. The van der Waals surface area contributed by atoms with Crippen LogP contribution >= 0.6 is 0 Å². The van der Waals surface area contributed by atoms with Crippen LogP contribution in [-0.4, -0.2) is 63.1 Å². The normalized spacial score (nSPS) is 16.9. The molecule has 1 N–H and O–H groups in total. The Labute approximate surface area is 289 Å². The summed E-state index contributed by atoms with van der Waals surface area (Å²) in [5, 5.41) is 24.1. The first kappa shape index (κ1) is 32.8. The van der Waals surface area contributed by atoms with Crippen LogP contribution in [0, 0.1) is 10.1 Å². The van der Waals surface area contributed by atoms with E-state index in [4.69, 9.17) is 14.2 Å². The highest BCUT2D eigenvalue weighted by Crippen LogP contribution is 2.41. The minimum atomic E-state index is -0.510. The average Bonchev–Trinajstić information content (AvgIpc) is 3.66. The molecule has 12 heteroatoms. The summed E-state index contributed by atoms with van der Waals surface area (Å²) in [5.41, 5.74) is 3.57. The quantitative estimate of drug-likeness (QED) is 0.120. The van der Waals surface area contributed by atoms with E-state index < -0.39 is 10.5 Å². The molecule has 50 heavy (non-hydrogen) atoms. The molecule has 1 spiro atoms. The largest absolute Gasteiger partial charge is 0.497 e. The molecule has 2 saturated heterocycles. The first-order valence-corrected chi connectivity index (χ1v) is 16.7. The van der Waals surface area contributed by atoms with Gasteiger partial charge in [-0.2, -0.15) is 0 Å². The van der Waals surface area contributed by atoms with Crippen molar-refractivity contribution in [3.8, 4) is 28.5 Å². The lowest BCUT2D eigenvalue weighted by atomic mass is 9.82. The fourth-order valence-electron chi connectivity index (χ4n) is 6.70. The zero-order valence-corrected chi connectivity index (χ0v) is 27.7. The number of likely N-dealkylation sites (tertiary alicyclic amines) is 1. The Bertz CT molecular complexity index is 1960. The number of rotatable bonds is 10. The van der Waals surface area contributed by atoms with Gasteiger partial charge in [-0.1, -0.05) is 47.7 Å². The van der Waals surface area contributed by atoms with Crippen molar-refractivity contribution in [1.82, 2.24) is 19.9 Å². The number of anilines is 1. The van der Waals surface area contributed by atoms with E-state index in [1.807, 2.05) is 47.3 Å². The van der Waals surface area contributed by atoms with E-state index in [0.717, 1.165) is 36.3 Å². The molecular weight excluding hydrogens is 636 g/mol. The van der Waals surface area contributed by atoms with Crippen LogP contribution in [0.5, 0.6) is 17.2 Å². The molecule has 2 aliphatic heterocycles. The molecule has 4 aromatic carbocycles. The molecule has 2 aliphatic rings. The van der Waals surface area contributed by atoms with Crippen molar-refractivity contribution >= 4 is 17.3 Å². The summed E-state index contributed by atoms with van der Waals surface area (Å²) in [6.45, 7) is 2.20. The molecule has 5 aromatic rings. The van der Waals surface area contributed by atoms with Crippen LogP contribution in [-0.2, 0) is 11.3 Å². The maximum Gasteiger partial charge on any atom is 0.270 e. The predicted octanol–water partition coefficient (Wildman–Crippen LogP) is 7.29. The second-order valence-electron chi connectivity index (χ2n) is 12.7. The zero-order valence-electron chi connectivity index (χ0n) is 27.7. The molecule has 7 rings (SSSR count). The smallest absolute Gasteiger partial charge is 0.270 e. The van der Waals surface area contributed by atoms with Crippen LogP contribution < -0.4 is 14.8 Å². The third kappa shape index (κ3) is 7.30. The van der Waals surface area contributed by atoms with Gasteiger partial charge < -0.3 is 24.4 Å². The number of hydrogen-bond donors (Lipinski definition) is 1. The van der Waals surface area contributed by atoms with Crippen molar-refractivity contribution in [3.63, 3.8) is 0 Å². The van der Waals surface area contributed by atoms with E-state index in [1.54, 1.807) is 36.3 Å². The van der Waals surface area contributed by atoms with Gasteiger partial charge in [0.2, 0.25) is 0 Å². The summed E-state index contributed by atoms with van der Waals surface area (Å²) in [4.78, 5) is 26.7. The van der Waals surface area contributed by atoms with Gasteiger partial charge >= 0.3 is 0 Å². The Morgan fingerprint density at radius 3 is 2.54 bits per heavy atom. The maximum atomic E-state index is 13.9. The number of nitrogens with zero attached hydrogens (tertiary/aromatic N) is 5. The zero-order chi connectivity index (χ0) is 34.5. The van der Waals surface area contributed by atoms with Crippen LogP contribution in [0.15, 0.2) is 103 Å². The standard InChI is InChI=1S/C38H38N6O6/c1-48-32-11-13-33(14-12-32)50-36-15-10-30(44(46)47)23-34(36)37(45)42-19-17-38(18-20-42)24-31(16-21-49-38)43-26-35(40-41-43)28-8-5-9-29(22-28)39-25-27-6-3-2-4-7-27/h2-15,22-23,26,31,39H,16-21,24-25H2,1H3. The number of hydrogen-bond acceptors (Lipinski definition) is 9. The number of nitro benzene ring substituents is 1. The van der Waals surface area contributed by atoms with Gasteiger partial charge in [0.05, 0.1) is 35.4 Å². The number of benzene rings is 4. The predicted molar refractivity (Wildman–Crippen MR) is 187 cm³/mol. The van der Waals surface area contributed by atoms with Crippen LogP contribution in [0.2, 0.25) is 0 Å². The number of methoxy groups -OCH3 is 1. The Hall–Kier alpha value is -5.75. The van der Waals surface area contributed by atoms with Gasteiger partial charge in [-0.25, -0.2) is 4.68 Å². The highest BCUT2D eigenvalue weighted by atomic mass is 16.6. The lowest BCUT2D eigenvalue weighted by Gasteiger charge is -2.46. The summed E-state index contributed by atoms with van der Waals surface area (Å²) in [7, 11) is 1.57. The fraction of sp³-hybridized carbons (Fsp3) is 0.289. The van der Waals surface area contributed by atoms with Gasteiger partial charge in [0.1, 0.15) is 22.9 Å². The third-order valence-electron chi connectivity index (χ3n) is 9.50. The summed E-state index contributed by atoms with van der Waals surface area (Å²) in [5.74, 6) is 1.07. The lowest BCUT2D eigenvalue weighted by molar-refractivity contribution is -0.384. The van der Waals surface area contributed by atoms with Gasteiger partial charge in [0.25, 0.3) is 11.6 Å². The van der Waals surface area contributed by atoms with Gasteiger partial charge in [0.15, 0.2) is 0 Å². The number of carbonyl (C=O) groups is 1. The molecule has 3 heterocycles. The van der Waals surface area contributed by atoms with Crippen LogP contribution in [0.3, 0.4) is 0 Å². The number of carbonyl (C=O) groups excluding carboxylic acids is 1. The number of ether oxygens (including phenoxy) is 3. The third-order valence-corrected chi connectivity index (χ3v) is 9.50. The van der Waals surface area contributed by atoms with E-state index >= 15 is 0 Å². The molecular formula is C38H38N6O6. The van der Waals surface area contributed by atoms with Crippen molar-refractivity contribution < 1.29 is 23.9 Å². The van der Waals surface area contributed by atoms with Crippen molar-refractivity contribution in [2.75, 3.05) is 32.1 Å². The summed E-state index contributed by atoms with van der Waals surface area (Å²) in [6.07, 6.45) is 4.83. The monoisotopic (exact) mass is 674 g/mol. The van der Waals surface area contributed by atoms with E-state index in [0.29, 0.717) is 44.0 Å². The van der Waals surface area contributed by atoms with Crippen molar-refractivity contribution in [1.29, 1.82) is 0 Å². The van der Waals surface area contributed by atoms with E-state index in [-0.39, 0.29) is 28.9 Å². The maximum absolute atomic E-state index is 13.9. The molecule has 0 bridgehead atoms. The van der Waals surface area contributed by atoms with Gasteiger partial charge in [-0.15, -0.1) is 5.10 Å². The van der Waals surface area contributed by atoms with Crippen molar-refractivity contribution in [3.05, 3.63) is 124 Å². The van der Waals surface area contributed by atoms with Crippen molar-refractivity contribution in [2.45, 2.75) is 43.9 Å². The topological polar surface area (TPSA) is 134 Å². The van der Waals surface area contributed by atoms with Gasteiger partial charge in [-0.3, -0.25) is 14.9 Å². The van der Waals surface area contributed by atoms with E-state index in [1.165, 1.54) is 23.8 Å². The molecule has 2 fully saturated rings. The molecule has 1 amide bonds. The van der Waals surface area contributed by atoms with Gasteiger partial charge in [-0.05, 0) is 73.7 Å². The van der Waals surface area contributed by atoms with Crippen molar-refractivity contribution in [2.24, 2.45) is 0 Å². The summed E-state index contributed by atoms with van der Waals surface area (Å²) in [6, 6.07) is 29.6. The second-order valence-corrected chi connectivity index (χ2v) is 12.7. The van der Waals surface area contributed by atoms with E-state index in [9.17, 15) is 14.9 Å². The first-order chi connectivity index (χ1) is 24.4. The lowest BCUT2D eigenvalue weighted by Crippen LogP contribution is -2.51. The summed E-state index contributed by atoms with van der Waals surface area (Å²) < 4.78 is 19.6. The molecule has 1 unspecified atom stereocenters. The second kappa shape index (κ2) is 14.4. The van der Waals surface area contributed by atoms with Crippen LogP contribution in [0.1, 0.15) is 47.6 Å². The first-order valence-electron chi connectivity index (χ1n) is 16.7. The Balaban J connectivity index is 1.00. The molecule has 0 aliphatic carbocycles. The molecule has 0 radical (unpaired) electrons. The minimum absolute atomic E-state index is 0.105. The number of amides is 1. The minimum Gasteiger partial charge on any atom is -0.497 e. The molecule has 1 atom stereocenters. The van der Waals surface area contributed by atoms with E-state index in [2.05, 4.69) is 33.8 Å². The Kier molecular flexibility index (Phi) is 9.43. The fourth-order valence-corrected chi connectivity index (χ4v) is 6.70. The molecule has 256 valence electrons. The Morgan fingerprint density at radius 2 is 1.78 bits per heavy atom. The summed E-state index contributed by atoms with van der Waals surface area (Å²) >= 11 is 0. The molecule has 1 aromatic heterocycles. The molecule has 12 nitrogen and oxygen atoms in total. The highest BCUT2D eigenvalue weighted by molar-refractivity contribution is 5.97. The number of non-ortho nitro benzene ring substituents is 1. The molecule has 0 saturated carbocycles. The number of aromatic nitrogens is 3. The number of nitrogens with one attached hydrogen (secondary N) is 1. The highest BCUT2D eigenvalue weighted by Gasteiger charge is 2.42. The SMILES string of the molecule is COc1ccc(Oc2ccc([N+](=O)[O-])cc2C(=O)N2CCC3(CC2)CC(n2cc(-c4cccc(NCc5ccccc5)c4)nn2)CCO3)cc1. The Morgan fingerprint density at radius 1 is 1.00 bits per heavy atom. The average molecular weight is 675 g/mol. The number of piperidine rings is 1. The van der Waals surface area contributed by atoms with Gasteiger partial charge in [0, 0.05) is 49.6 Å². The van der Waals surface area contributed by atoms with Crippen LogP contribution in [0.4, 0.5) is 11.4 Å².